The molecule has 1 rings (SSSR count). The third-order valence-corrected chi connectivity index (χ3v) is 3.97. The van der Waals surface area contributed by atoms with Crippen molar-refractivity contribution in [3.63, 3.8) is 0 Å². The lowest BCUT2D eigenvalue weighted by molar-refractivity contribution is 0.678. The van der Waals surface area contributed by atoms with Gasteiger partial charge in [-0.1, -0.05) is 44.9 Å². The predicted molar refractivity (Wildman–Crippen MR) is 66.6 cm³/mol. The van der Waals surface area contributed by atoms with Gasteiger partial charge in [-0.25, -0.2) is 0 Å². The van der Waals surface area contributed by atoms with Gasteiger partial charge in [-0.15, -0.1) is 0 Å². The Hall–Kier alpha value is -0.630. The summed E-state index contributed by atoms with van der Waals surface area (Å²) in [6, 6.07) is 8.13. The average molecular weight is 224 g/mol. The molecule has 2 heteroatoms. The van der Waals surface area contributed by atoms with Crippen LogP contribution in [0.15, 0.2) is 29.2 Å². The van der Waals surface area contributed by atoms with Gasteiger partial charge < -0.3 is 0 Å². The molecule has 1 aromatic rings. The van der Waals surface area contributed by atoms with E-state index in [2.05, 4.69) is 19.9 Å². The van der Waals surface area contributed by atoms with Crippen LogP contribution in [0, 0.1) is 0 Å². The van der Waals surface area contributed by atoms with Gasteiger partial charge in [-0.05, 0) is 24.5 Å². The highest BCUT2D eigenvalue weighted by molar-refractivity contribution is 7.85. The molecule has 0 saturated carbocycles. The summed E-state index contributed by atoms with van der Waals surface area (Å²) in [7, 11) is -0.796. The average Bonchev–Trinajstić information content (AvgIpc) is 2.27. The normalized spacial score (nSPS) is 12.7. The molecule has 0 saturated heterocycles. The summed E-state index contributed by atoms with van der Waals surface area (Å²) in [4.78, 5) is 1.05. The van der Waals surface area contributed by atoms with Gasteiger partial charge in [0.2, 0.25) is 0 Å². The molecule has 84 valence electrons. The molecule has 0 aliphatic rings. The summed E-state index contributed by atoms with van der Waals surface area (Å²) < 4.78 is 12.0. The van der Waals surface area contributed by atoms with Crippen molar-refractivity contribution in [3.8, 4) is 0 Å². The summed E-state index contributed by atoms with van der Waals surface area (Å²) in [5, 5.41) is 0. The Bertz CT molecular complexity index is 320. The standard InChI is InChI=1S/C13H20OS/c1-3-5-11-15(14)13-10-7-6-9-12(13)8-4-2/h6-7,9-10H,3-5,8,11H2,1-2H3. The number of aryl methyl sites for hydroxylation is 1. The molecule has 0 amide bonds. The van der Waals surface area contributed by atoms with E-state index >= 15 is 0 Å². The van der Waals surface area contributed by atoms with Gasteiger partial charge in [-0.2, -0.15) is 0 Å². The van der Waals surface area contributed by atoms with Crippen LogP contribution >= 0.6 is 0 Å². The Kier molecular flexibility index (Phi) is 5.62. The van der Waals surface area contributed by atoms with E-state index in [1.807, 2.05) is 18.2 Å². The molecule has 0 aliphatic carbocycles. The highest BCUT2D eigenvalue weighted by atomic mass is 32.2. The van der Waals surface area contributed by atoms with E-state index in [1.54, 1.807) is 0 Å². The monoisotopic (exact) mass is 224 g/mol. The van der Waals surface area contributed by atoms with E-state index in [-0.39, 0.29) is 0 Å². The van der Waals surface area contributed by atoms with Gasteiger partial charge in [0.15, 0.2) is 0 Å². The smallest absolute Gasteiger partial charge is 0.0532 e. The lowest BCUT2D eigenvalue weighted by Crippen LogP contribution is -2.01. The molecule has 0 fully saturated rings. The van der Waals surface area contributed by atoms with Crippen LogP contribution in [0.1, 0.15) is 38.7 Å². The van der Waals surface area contributed by atoms with Gasteiger partial charge in [0, 0.05) is 10.6 Å². The molecule has 0 spiro atoms. The van der Waals surface area contributed by atoms with Crippen LogP contribution in [0.4, 0.5) is 0 Å². The van der Waals surface area contributed by atoms with Gasteiger partial charge in [-0.3, -0.25) is 4.21 Å². The van der Waals surface area contributed by atoms with Crippen LogP contribution in [0.25, 0.3) is 0 Å². The molecule has 0 bridgehead atoms. The zero-order valence-electron chi connectivity index (χ0n) is 9.66. The minimum atomic E-state index is -0.796. The van der Waals surface area contributed by atoms with Gasteiger partial charge in [0.1, 0.15) is 0 Å². The van der Waals surface area contributed by atoms with Crippen LogP contribution in [0.2, 0.25) is 0 Å². The van der Waals surface area contributed by atoms with Gasteiger partial charge in [0.05, 0.1) is 10.8 Å². The summed E-state index contributed by atoms with van der Waals surface area (Å²) in [5.74, 6) is 0.803. The molecule has 0 radical (unpaired) electrons. The minimum Gasteiger partial charge on any atom is -0.254 e. The molecular weight excluding hydrogens is 204 g/mol. The number of unbranched alkanes of at least 4 members (excludes halogenated alkanes) is 1. The first kappa shape index (κ1) is 12.4. The zero-order valence-corrected chi connectivity index (χ0v) is 10.5. The van der Waals surface area contributed by atoms with Gasteiger partial charge >= 0.3 is 0 Å². The number of rotatable bonds is 6. The van der Waals surface area contributed by atoms with Crippen LogP contribution in [0.5, 0.6) is 0 Å². The van der Waals surface area contributed by atoms with Crippen LogP contribution in [0.3, 0.4) is 0 Å². The van der Waals surface area contributed by atoms with Crippen molar-refractivity contribution < 1.29 is 4.21 Å². The van der Waals surface area contributed by atoms with E-state index in [9.17, 15) is 4.21 Å². The summed E-state index contributed by atoms with van der Waals surface area (Å²) in [6.45, 7) is 4.29. The Balaban J connectivity index is 2.77. The maximum absolute atomic E-state index is 12.0. The SMILES string of the molecule is CCCCS(=O)c1ccccc1CCC. The maximum Gasteiger partial charge on any atom is 0.0532 e. The van der Waals surface area contributed by atoms with Crippen molar-refractivity contribution in [1.29, 1.82) is 0 Å². The summed E-state index contributed by atoms with van der Waals surface area (Å²) >= 11 is 0. The van der Waals surface area contributed by atoms with E-state index < -0.39 is 10.8 Å². The third kappa shape index (κ3) is 3.78. The van der Waals surface area contributed by atoms with Crippen molar-refractivity contribution in [2.24, 2.45) is 0 Å². The molecule has 1 atom stereocenters. The van der Waals surface area contributed by atoms with Crippen molar-refractivity contribution in [2.75, 3.05) is 5.75 Å². The lowest BCUT2D eigenvalue weighted by Gasteiger charge is -2.07. The second-order valence-corrected chi connectivity index (χ2v) is 5.30. The molecule has 1 unspecified atom stereocenters. The van der Waals surface area contributed by atoms with E-state index in [1.165, 1.54) is 5.56 Å². The first-order chi connectivity index (χ1) is 7.29. The van der Waals surface area contributed by atoms with Crippen LogP contribution in [-0.4, -0.2) is 9.96 Å². The number of hydrogen-bond donors (Lipinski definition) is 0. The van der Waals surface area contributed by atoms with Crippen molar-refractivity contribution in [2.45, 2.75) is 44.4 Å². The fraction of sp³-hybridized carbons (Fsp3) is 0.538. The molecule has 15 heavy (non-hydrogen) atoms. The Morgan fingerprint density at radius 2 is 1.87 bits per heavy atom. The molecule has 0 aromatic heterocycles. The summed E-state index contributed by atoms with van der Waals surface area (Å²) in [5.41, 5.74) is 1.26. The largest absolute Gasteiger partial charge is 0.254 e. The molecule has 0 aliphatic heterocycles. The van der Waals surface area contributed by atoms with Crippen LogP contribution < -0.4 is 0 Å². The number of hydrogen-bond acceptors (Lipinski definition) is 1. The van der Waals surface area contributed by atoms with E-state index in [0.29, 0.717) is 0 Å². The number of benzene rings is 1. The fourth-order valence-electron chi connectivity index (χ4n) is 1.59. The van der Waals surface area contributed by atoms with Gasteiger partial charge in [0.25, 0.3) is 0 Å². The molecule has 1 nitrogen and oxygen atoms in total. The lowest BCUT2D eigenvalue weighted by atomic mass is 10.1. The second-order valence-electron chi connectivity index (χ2n) is 3.76. The topological polar surface area (TPSA) is 17.1 Å². The Morgan fingerprint density at radius 1 is 1.13 bits per heavy atom. The van der Waals surface area contributed by atoms with E-state index in [4.69, 9.17) is 0 Å². The quantitative estimate of drug-likeness (QED) is 0.722. The van der Waals surface area contributed by atoms with Crippen molar-refractivity contribution in [3.05, 3.63) is 29.8 Å². The predicted octanol–water partition coefficient (Wildman–Crippen LogP) is 3.55. The first-order valence-electron chi connectivity index (χ1n) is 5.75. The molecule has 0 N–H and O–H groups in total. The Morgan fingerprint density at radius 3 is 2.53 bits per heavy atom. The maximum atomic E-state index is 12.0. The molecule has 1 aromatic carbocycles. The first-order valence-corrected chi connectivity index (χ1v) is 7.07. The Labute approximate surface area is 95.4 Å². The highest BCUT2D eigenvalue weighted by Gasteiger charge is 2.07. The fourth-order valence-corrected chi connectivity index (χ4v) is 3.05. The molecular formula is C13H20OS. The third-order valence-electron chi connectivity index (χ3n) is 2.42. The second kappa shape index (κ2) is 6.78. The minimum absolute atomic E-state index is 0.796. The van der Waals surface area contributed by atoms with Crippen molar-refractivity contribution >= 4 is 10.8 Å². The van der Waals surface area contributed by atoms with Crippen LogP contribution in [-0.2, 0) is 17.2 Å². The molecule has 0 heterocycles. The summed E-state index contributed by atoms with van der Waals surface area (Å²) in [6.07, 6.45) is 4.31. The van der Waals surface area contributed by atoms with E-state index in [0.717, 1.165) is 36.3 Å². The highest BCUT2D eigenvalue weighted by Crippen LogP contribution is 2.16. The van der Waals surface area contributed by atoms with Crippen molar-refractivity contribution in [1.82, 2.24) is 0 Å². The zero-order chi connectivity index (χ0) is 11.1.